The lowest BCUT2D eigenvalue weighted by molar-refractivity contribution is 0.186. The molecule has 2 rings (SSSR count). The van der Waals surface area contributed by atoms with Crippen molar-refractivity contribution in [2.45, 2.75) is 46.2 Å². The van der Waals surface area contributed by atoms with Crippen LogP contribution in [0.1, 0.15) is 37.8 Å². The van der Waals surface area contributed by atoms with E-state index in [-0.39, 0.29) is 5.82 Å². The van der Waals surface area contributed by atoms with Crippen LogP contribution < -0.4 is 5.32 Å². The maximum atomic E-state index is 13.2. The second-order valence-corrected chi connectivity index (χ2v) is 6.27. The number of hydrogen-bond acceptors (Lipinski definition) is 2. The smallest absolute Gasteiger partial charge is 0.126 e. The van der Waals surface area contributed by atoms with Gasteiger partial charge in [-0.25, -0.2) is 4.39 Å². The molecule has 0 amide bonds. The fourth-order valence-electron chi connectivity index (χ4n) is 3.04. The van der Waals surface area contributed by atoms with E-state index in [0.29, 0.717) is 12.0 Å². The van der Waals surface area contributed by atoms with Crippen molar-refractivity contribution in [3.8, 4) is 0 Å². The third-order valence-corrected chi connectivity index (χ3v) is 4.28. The van der Waals surface area contributed by atoms with E-state index in [1.807, 2.05) is 19.1 Å². The Kier molecular flexibility index (Phi) is 5.55. The quantitative estimate of drug-likeness (QED) is 0.858. The summed E-state index contributed by atoms with van der Waals surface area (Å²) in [6.07, 6.45) is 2.67. The second kappa shape index (κ2) is 7.19. The van der Waals surface area contributed by atoms with Gasteiger partial charge in [0.2, 0.25) is 0 Å². The van der Waals surface area contributed by atoms with Crippen LogP contribution in [0.3, 0.4) is 0 Å². The number of rotatable bonds is 6. The fourth-order valence-corrected chi connectivity index (χ4v) is 3.04. The summed E-state index contributed by atoms with van der Waals surface area (Å²) >= 11 is 0. The minimum absolute atomic E-state index is 0.120. The van der Waals surface area contributed by atoms with Gasteiger partial charge < -0.3 is 5.32 Å². The molecule has 1 aromatic rings. The molecule has 0 aromatic heterocycles. The van der Waals surface area contributed by atoms with E-state index < -0.39 is 0 Å². The monoisotopic (exact) mass is 278 g/mol. The van der Waals surface area contributed by atoms with Gasteiger partial charge in [-0.3, -0.25) is 4.90 Å². The van der Waals surface area contributed by atoms with Gasteiger partial charge in [-0.05, 0) is 56.0 Å². The van der Waals surface area contributed by atoms with Crippen LogP contribution in [0.2, 0.25) is 0 Å². The van der Waals surface area contributed by atoms with Crippen molar-refractivity contribution in [2.24, 2.45) is 5.92 Å². The summed E-state index contributed by atoms with van der Waals surface area (Å²) in [6.45, 7) is 10.7. The number of nitrogens with one attached hydrogen (secondary N) is 1. The Balaban J connectivity index is 1.84. The molecular formula is C17H27FN2. The van der Waals surface area contributed by atoms with Gasteiger partial charge in [0.1, 0.15) is 5.82 Å². The number of benzene rings is 1. The van der Waals surface area contributed by atoms with Gasteiger partial charge in [-0.2, -0.15) is 0 Å². The Bertz CT molecular complexity index is 425. The molecule has 0 aliphatic carbocycles. The Morgan fingerprint density at radius 3 is 2.55 bits per heavy atom. The van der Waals surface area contributed by atoms with E-state index in [9.17, 15) is 4.39 Å². The highest BCUT2D eigenvalue weighted by molar-refractivity contribution is 5.23. The molecule has 1 aromatic carbocycles. The lowest BCUT2D eigenvalue weighted by Crippen LogP contribution is -2.44. The van der Waals surface area contributed by atoms with Crippen molar-refractivity contribution in [3.05, 3.63) is 35.1 Å². The SMILES string of the molecule is Cc1cc(CNCC(C(C)C)N2CCCC2)ccc1F. The number of hydrogen-bond donors (Lipinski definition) is 1. The lowest BCUT2D eigenvalue weighted by atomic mass is 10.0. The zero-order valence-corrected chi connectivity index (χ0v) is 13.0. The average Bonchev–Trinajstić information content (AvgIpc) is 2.92. The van der Waals surface area contributed by atoms with Gasteiger partial charge in [0.15, 0.2) is 0 Å². The van der Waals surface area contributed by atoms with E-state index in [1.165, 1.54) is 25.9 Å². The van der Waals surface area contributed by atoms with Crippen LogP contribution in [0.5, 0.6) is 0 Å². The summed E-state index contributed by atoms with van der Waals surface area (Å²) < 4.78 is 13.2. The first-order valence-electron chi connectivity index (χ1n) is 7.77. The third kappa shape index (κ3) is 4.03. The molecule has 0 radical (unpaired) electrons. The number of halogens is 1. The number of aryl methyl sites for hydroxylation is 1. The van der Waals surface area contributed by atoms with Gasteiger partial charge >= 0.3 is 0 Å². The Morgan fingerprint density at radius 2 is 1.95 bits per heavy atom. The van der Waals surface area contributed by atoms with Crippen LogP contribution in [0.4, 0.5) is 4.39 Å². The van der Waals surface area contributed by atoms with Crippen LogP contribution >= 0.6 is 0 Å². The van der Waals surface area contributed by atoms with Crippen molar-refractivity contribution in [1.82, 2.24) is 10.2 Å². The Morgan fingerprint density at radius 1 is 1.25 bits per heavy atom. The molecule has 3 heteroatoms. The molecule has 1 heterocycles. The van der Waals surface area contributed by atoms with Crippen LogP contribution in [0, 0.1) is 18.7 Å². The van der Waals surface area contributed by atoms with E-state index in [1.54, 1.807) is 6.07 Å². The summed E-state index contributed by atoms with van der Waals surface area (Å²) in [6, 6.07) is 5.98. The highest BCUT2D eigenvalue weighted by Crippen LogP contribution is 2.17. The molecule has 2 nitrogen and oxygen atoms in total. The largest absolute Gasteiger partial charge is 0.311 e. The Labute approximate surface area is 122 Å². The van der Waals surface area contributed by atoms with Gasteiger partial charge in [-0.15, -0.1) is 0 Å². The molecule has 0 bridgehead atoms. The summed E-state index contributed by atoms with van der Waals surface area (Å²) in [5.41, 5.74) is 1.89. The van der Waals surface area contributed by atoms with Crippen molar-refractivity contribution in [3.63, 3.8) is 0 Å². The molecule has 0 spiro atoms. The lowest BCUT2D eigenvalue weighted by Gasteiger charge is -2.31. The molecule has 0 saturated carbocycles. The molecule has 20 heavy (non-hydrogen) atoms. The van der Waals surface area contributed by atoms with E-state index >= 15 is 0 Å². The minimum atomic E-state index is -0.120. The van der Waals surface area contributed by atoms with Crippen LogP contribution in [-0.2, 0) is 6.54 Å². The molecule has 1 aliphatic rings. The molecule has 1 atom stereocenters. The van der Waals surface area contributed by atoms with Gasteiger partial charge in [0, 0.05) is 19.1 Å². The third-order valence-electron chi connectivity index (χ3n) is 4.28. The summed E-state index contributed by atoms with van der Waals surface area (Å²) in [4.78, 5) is 2.60. The molecule has 112 valence electrons. The van der Waals surface area contributed by atoms with Crippen LogP contribution in [-0.4, -0.2) is 30.6 Å². The topological polar surface area (TPSA) is 15.3 Å². The fraction of sp³-hybridized carbons (Fsp3) is 0.647. The van der Waals surface area contributed by atoms with E-state index in [2.05, 4.69) is 24.1 Å². The first kappa shape index (κ1) is 15.5. The van der Waals surface area contributed by atoms with Gasteiger partial charge in [-0.1, -0.05) is 26.0 Å². The van der Waals surface area contributed by atoms with Crippen LogP contribution in [0.25, 0.3) is 0 Å². The second-order valence-electron chi connectivity index (χ2n) is 6.27. The van der Waals surface area contributed by atoms with E-state index in [4.69, 9.17) is 0 Å². The molecule has 1 aliphatic heterocycles. The van der Waals surface area contributed by atoms with Gasteiger partial charge in [0.25, 0.3) is 0 Å². The summed E-state index contributed by atoms with van der Waals surface area (Å²) in [5, 5.41) is 3.54. The first-order chi connectivity index (χ1) is 9.58. The zero-order valence-electron chi connectivity index (χ0n) is 13.0. The highest BCUT2D eigenvalue weighted by Gasteiger charge is 2.23. The van der Waals surface area contributed by atoms with E-state index in [0.717, 1.165) is 24.2 Å². The standard InChI is InChI=1S/C17H27FN2/c1-13(2)17(20-8-4-5-9-20)12-19-11-15-6-7-16(18)14(3)10-15/h6-7,10,13,17,19H,4-5,8-9,11-12H2,1-3H3. The zero-order chi connectivity index (χ0) is 14.5. The summed E-state index contributed by atoms with van der Waals surface area (Å²) in [5.74, 6) is 0.543. The highest BCUT2D eigenvalue weighted by atomic mass is 19.1. The van der Waals surface area contributed by atoms with Crippen molar-refractivity contribution in [1.29, 1.82) is 0 Å². The average molecular weight is 278 g/mol. The predicted octanol–water partition coefficient (Wildman–Crippen LogP) is 3.34. The van der Waals surface area contributed by atoms with Crippen LogP contribution in [0.15, 0.2) is 18.2 Å². The van der Waals surface area contributed by atoms with Crippen molar-refractivity contribution >= 4 is 0 Å². The number of likely N-dealkylation sites (tertiary alicyclic amines) is 1. The first-order valence-corrected chi connectivity index (χ1v) is 7.77. The maximum Gasteiger partial charge on any atom is 0.126 e. The van der Waals surface area contributed by atoms with Crippen molar-refractivity contribution in [2.75, 3.05) is 19.6 Å². The molecule has 1 N–H and O–H groups in total. The number of nitrogens with zero attached hydrogens (tertiary/aromatic N) is 1. The minimum Gasteiger partial charge on any atom is -0.311 e. The molecule has 1 saturated heterocycles. The molecule has 1 unspecified atom stereocenters. The molecular weight excluding hydrogens is 251 g/mol. The van der Waals surface area contributed by atoms with Gasteiger partial charge in [0.05, 0.1) is 0 Å². The Hall–Kier alpha value is -0.930. The van der Waals surface area contributed by atoms with Crippen molar-refractivity contribution < 1.29 is 4.39 Å². The predicted molar refractivity (Wildman–Crippen MR) is 82.3 cm³/mol. The molecule has 1 fully saturated rings. The normalized spacial score (nSPS) is 17.9. The summed E-state index contributed by atoms with van der Waals surface area (Å²) in [7, 11) is 0. The maximum absolute atomic E-state index is 13.2.